The second kappa shape index (κ2) is 4.09. The number of rotatable bonds is 3. The molecule has 0 amide bonds. The second-order valence-electron chi connectivity index (χ2n) is 5.46. The Bertz CT molecular complexity index is 601. The van der Waals surface area contributed by atoms with E-state index in [2.05, 4.69) is 40.7 Å². The first-order chi connectivity index (χ1) is 8.88. The van der Waals surface area contributed by atoms with Gasteiger partial charge in [-0.25, -0.2) is 4.98 Å². The Morgan fingerprint density at radius 2 is 2.28 bits per heavy atom. The van der Waals surface area contributed by atoms with Gasteiger partial charge in [0.05, 0.1) is 15.7 Å². The highest BCUT2D eigenvalue weighted by Crippen LogP contribution is 2.43. The van der Waals surface area contributed by atoms with E-state index >= 15 is 0 Å². The maximum atomic E-state index is 4.31. The number of aromatic nitrogens is 1. The van der Waals surface area contributed by atoms with Crippen LogP contribution in [0.25, 0.3) is 10.2 Å². The molecule has 0 spiro atoms. The van der Waals surface area contributed by atoms with Crippen molar-refractivity contribution in [3.63, 3.8) is 0 Å². The number of nitrogens with one attached hydrogen (secondary N) is 1. The average molecular weight is 256 g/mol. The largest absolute Gasteiger partial charge is 0.385 e. The van der Waals surface area contributed by atoms with E-state index in [4.69, 9.17) is 0 Å². The molecule has 2 aliphatic carbocycles. The Kier molecular flexibility index (Phi) is 2.40. The zero-order valence-corrected chi connectivity index (χ0v) is 11.0. The summed E-state index contributed by atoms with van der Waals surface area (Å²) in [6.07, 6.45) is 7.59. The third kappa shape index (κ3) is 1.74. The van der Waals surface area contributed by atoms with Crippen molar-refractivity contribution in [1.29, 1.82) is 0 Å². The monoisotopic (exact) mass is 256 g/mol. The van der Waals surface area contributed by atoms with Crippen LogP contribution in [0.1, 0.15) is 12.8 Å². The van der Waals surface area contributed by atoms with Gasteiger partial charge in [0.1, 0.15) is 0 Å². The van der Waals surface area contributed by atoms with E-state index in [1.807, 2.05) is 5.51 Å². The number of fused-ring (bicyclic) bond motifs is 3. The lowest BCUT2D eigenvalue weighted by Crippen LogP contribution is -2.18. The van der Waals surface area contributed by atoms with Crippen LogP contribution in [0.2, 0.25) is 0 Å². The molecule has 1 fully saturated rings. The number of anilines is 1. The van der Waals surface area contributed by atoms with Gasteiger partial charge < -0.3 is 5.32 Å². The molecule has 1 aromatic heterocycles. The fourth-order valence-corrected chi connectivity index (χ4v) is 4.06. The lowest BCUT2D eigenvalue weighted by Gasteiger charge is -2.19. The Balaban J connectivity index is 1.46. The van der Waals surface area contributed by atoms with Crippen LogP contribution in [-0.2, 0) is 0 Å². The summed E-state index contributed by atoms with van der Waals surface area (Å²) in [5.74, 6) is 2.53. The Morgan fingerprint density at radius 3 is 3.11 bits per heavy atom. The van der Waals surface area contributed by atoms with E-state index in [0.717, 1.165) is 29.8 Å². The van der Waals surface area contributed by atoms with Gasteiger partial charge in [-0.2, -0.15) is 0 Å². The molecule has 0 saturated heterocycles. The van der Waals surface area contributed by atoms with Crippen molar-refractivity contribution in [3.8, 4) is 0 Å². The van der Waals surface area contributed by atoms with E-state index in [1.54, 1.807) is 11.3 Å². The fourth-order valence-electron chi connectivity index (χ4n) is 3.34. The fraction of sp³-hybridized carbons (Fsp3) is 0.400. The molecule has 3 atom stereocenters. The van der Waals surface area contributed by atoms with Crippen LogP contribution < -0.4 is 5.32 Å². The number of thiazole rings is 1. The van der Waals surface area contributed by atoms with Gasteiger partial charge in [0, 0.05) is 12.2 Å². The molecule has 1 aromatic carbocycles. The Hall–Kier alpha value is -1.35. The normalized spacial score (nSPS) is 29.2. The molecule has 2 aliphatic rings. The van der Waals surface area contributed by atoms with Gasteiger partial charge in [-0.15, -0.1) is 11.3 Å². The van der Waals surface area contributed by atoms with Gasteiger partial charge in [-0.05, 0) is 48.8 Å². The minimum Gasteiger partial charge on any atom is -0.385 e. The number of allylic oxidation sites excluding steroid dienone is 2. The lowest BCUT2D eigenvalue weighted by molar-refractivity contribution is 0.472. The summed E-state index contributed by atoms with van der Waals surface area (Å²) in [6.45, 7) is 1.11. The molecule has 2 bridgehead atoms. The van der Waals surface area contributed by atoms with Gasteiger partial charge >= 0.3 is 0 Å². The molecule has 3 unspecified atom stereocenters. The van der Waals surface area contributed by atoms with Crippen LogP contribution in [0.3, 0.4) is 0 Å². The first kappa shape index (κ1) is 10.6. The van der Waals surface area contributed by atoms with E-state index < -0.39 is 0 Å². The molecule has 18 heavy (non-hydrogen) atoms. The SMILES string of the molecule is C1=CC2CC1CC2CNc1ccc2ncsc2c1. The maximum Gasteiger partial charge on any atom is 0.0813 e. The molecule has 92 valence electrons. The highest BCUT2D eigenvalue weighted by atomic mass is 32.1. The number of hydrogen-bond acceptors (Lipinski definition) is 3. The molecule has 0 radical (unpaired) electrons. The summed E-state index contributed by atoms with van der Waals surface area (Å²) < 4.78 is 1.27. The summed E-state index contributed by atoms with van der Waals surface area (Å²) in [4.78, 5) is 4.31. The number of benzene rings is 1. The highest BCUT2D eigenvalue weighted by molar-refractivity contribution is 7.16. The zero-order chi connectivity index (χ0) is 11.9. The van der Waals surface area contributed by atoms with Gasteiger partial charge in [0.2, 0.25) is 0 Å². The van der Waals surface area contributed by atoms with Crippen molar-refractivity contribution in [3.05, 3.63) is 35.9 Å². The smallest absolute Gasteiger partial charge is 0.0813 e. The Labute approximate surface area is 111 Å². The van der Waals surface area contributed by atoms with Gasteiger partial charge in [-0.3, -0.25) is 0 Å². The molecule has 1 N–H and O–H groups in total. The van der Waals surface area contributed by atoms with E-state index in [9.17, 15) is 0 Å². The number of nitrogens with zero attached hydrogens (tertiary/aromatic N) is 1. The van der Waals surface area contributed by atoms with Crippen LogP contribution in [-0.4, -0.2) is 11.5 Å². The van der Waals surface area contributed by atoms with Crippen LogP contribution in [0.15, 0.2) is 35.9 Å². The molecular formula is C15H16N2S. The van der Waals surface area contributed by atoms with Crippen LogP contribution in [0.5, 0.6) is 0 Å². The molecule has 2 nitrogen and oxygen atoms in total. The first-order valence-corrected chi connectivity index (χ1v) is 7.52. The van der Waals surface area contributed by atoms with E-state index in [1.165, 1.54) is 23.2 Å². The van der Waals surface area contributed by atoms with Crippen molar-refractivity contribution in [1.82, 2.24) is 4.98 Å². The van der Waals surface area contributed by atoms with E-state index in [-0.39, 0.29) is 0 Å². The predicted molar refractivity (Wildman–Crippen MR) is 77.0 cm³/mol. The predicted octanol–water partition coefficient (Wildman–Crippen LogP) is 3.92. The summed E-state index contributed by atoms with van der Waals surface area (Å²) in [6, 6.07) is 6.47. The zero-order valence-electron chi connectivity index (χ0n) is 10.2. The quantitative estimate of drug-likeness (QED) is 0.842. The average Bonchev–Trinajstić information content (AvgIpc) is 3.11. The first-order valence-electron chi connectivity index (χ1n) is 6.64. The Morgan fingerprint density at radius 1 is 1.28 bits per heavy atom. The third-order valence-electron chi connectivity index (χ3n) is 4.32. The van der Waals surface area contributed by atoms with Crippen molar-refractivity contribution in [2.45, 2.75) is 12.8 Å². The van der Waals surface area contributed by atoms with Crippen LogP contribution in [0.4, 0.5) is 5.69 Å². The standard InChI is InChI=1S/C15H16N2S/c1-2-11-5-10(1)6-12(11)8-16-13-3-4-14-15(7-13)18-9-17-14/h1-4,7,9-12,16H,5-6,8H2. The maximum absolute atomic E-state index is 4.31. The second-order valence-corrected chi connectivity index (χ2v) is 6.34. The molecule has 3 heteroatoms. The number of hydrogen-bond donors (Lipinski definition) is 1. The molecular weight excluding hydrogens is 240 g/mol. The van der Waals surface area contributed by atoms with Crippen LogP contribution in [0, 0.1) is 17.8 Å². The van der Waals surface area contributed by atoms with Crippen molar-refractivity contribution < 1.29 is 0 Å². The minimum atomic E-state index is 0.828. The molecule has 1 heterocycles. The van der Waals surface area contributed by atoms with Crippen LogP contribution >= 0.6 is 11.3 Å². The third-order valence-corrected chi connectivity index (χ3v) is 5.11. The summed E-state index contributed by atoms with van der Waals surface area (Å²) >= 11 is 1.71. The highest BCUT2D eigenvalue weighted by Gasteiger charge is 2.35. The molecule has 0 aliphatic heterocycles. The summed E-state index contributed by atoms with van der Waals surface area (Å²) in [7, 11) is 0. The topological polar surface area (TPSA) is 24.9 Å². The van der Waals surface area contributed by atoms with Crippen molar-refractivity contribution in [2.24, 2.45) is 17.8 Å². The lowest BCUT2D eigenvalue weighted by atomic mass is 9.93. The minimum absolute atomic E-state index is 0.828. The van der Waals surface area contributed by atoms with Gasteiger partial charge in [-0.1, -0.05) is 12.2 Å². The van der Waals surface area contributed by atoms with Crippen molar-refractivity contribution in [2.75, 3.05) is 11.9 Å². The molecule has 1 saturated carbocycles. The van der Waals surface area contributed by atoms with Crippen molar-refractivity contribution >= 4 is 27.2 Å². The summed E-state index contributed by atoms with van der Waals surface area (Å²) in [5, 5.41) is 3.60. The molecule has 4 rings (SSSR count). The molecule has 2 aromatic rings. The van der Waals surface area contributed by atoms with Gasteiger partial charge in [0.15, 0.2) is 0 Å². The van der Waals surface area contributed by atoms with Gasteiger partial charge in [0.25, 0.3) is 0 Å². The van der Waals surface area contributed by atoms with E-state index in [0.29, 0.717) is 0 Å². The summed E-state index contributed by atoms with van der Waals surface area (Å²) in [5.41, 5.74) is 4.25.